The zero-order valence-electron chi connectivity index (χ0n) is 15.6. The summed E-state index contributed by atoms with van der Waals surface area (Å²) in [6, 6.07) is 9.89. The minimum absolute atomic E-state index is 0.0374. The summed E-state index contributed by atoms with van der Waals surface area (Å²) in [5.74, 6) is -0.409. The van der Waals surface area contributed by atoms with Crippen LogP contribution >= 0.6 is 0 Å². The molecule has 0 saturated heterocycles. The zero-order chi connectivity index (χ0) is 19.4. The Morgan fingerprint density at radius 1 is 1.26 bits per heavy atom. The second-order valence-corrected chi connectivity index (χ2v) is 6.81. The molecule has 7 heteroatoms. The number of nitrogens with zero attached hydrogens (tertiary/aromatic N) is 3. The Balaban J connectivity index is 1.59. The van der Waals surface area contributed by atoms with Crippen LogP contribution in [0.3, 0.4) is 0 Å². The molecule has 1 amide bonds. The van der Waals surface area contributed by atoms with Gasteiger partial charge in [0.1, 0.15) is 0 Å². The first-order chi connectivity index (χ1) is 13.0. The molecule has 0 bridgehead atoms. The molecule has 3 rings (SSSR count). The number of carboxylic acids is 1. The van der Waals surface area contributed by atoms with Crippen molar-refractivity contribution >= 4 is 11.9 Å². The van der Waals surface area contributed by atoms with Gasteiger partial charge in [0.25, 0.3) is 5.91 Å². The van der Waals surface area contributed by atoms with E-state index in [0.717, 1.165) is 18.4 Å². The second kappa shape index (κ2) is 8.26. The number of carbonyl (C=O) groups excluding carboxylic acids is 1. The monoisotopic (exact) mass is 368 g/mol. The molecule has 27 heavy (non-hydrogen) atoms. The second-order valence-electron chi connectivity index (χ2n) is 6.81. The van der Waals surface area contributed by atoms with E-state index in [4.69, 9.17) is 5.11 Å². The van der Waals surface area contributed by atoms with Gasteiger partial charge in [0.05, 0.1) is 17.8 Å². The van der Waals surface area contributed by atoms with Gasteiger partial charge in [0.2, 0.25) is 0 Å². The Morgan fingerprint density at radius 3 is 2.56 bits per heavy atom. The van der Waals surface area contributed by atoms with Gasteiger partial charge in [-0.3, -0.25) is 14.5 Å². The number of hydrogen-bond donors (Lipinski definition) is 2. The third kappa shape index (κ3) is 4.49. The van der Waals surface area contributed by atoms with Crippen molar-refractivity contribution in [2.45, 2.75) is 38.8 Å². The van der Waals surface area contributed by atoms with E-state index in [0.29, 0.717) is 23.6 Å². The van der Waals surface area contributed by atoms with Crippen molar-refractivity contribution in [3.63, 3.8) is 0 Å². The molecule has 0 radical (unpaired) electrons. The standard InChI is InChI=1S/C20H24N4O3/c1-3-24(12-18(25)26)16-9-15(10-16)23-20(27)17-11-21-19(22-13(17)2)14-7-5-4-6-8-14/h4-8,11,15-16H,3,9-10,12H2,1-2H3,(H,23,27)(H,25,26). The molecule has 1 aromatic heterocycles. The fourth-order valence-electron chi connectivity index (χ4n) is 3.36. The van der Waals surface area contributed by atoms with Gasteiger partial charge in [-0.05, 0) is 26.3 Å². The van der Waals surface area contributed by atoms with Crippen LogP contribution < -0.4 is 5.32 Å². The Kier molecular flexibility index (Phi) is 5.81. The third-order valence-corrected chi connectivity index (χ3v) is 4.97. The van der Waals surface area contributed by atoms with E-state index in [1.165, 1.54) is 0 Å². The quantitative estimate of drug-likeness (QED) is 0.777. The van der Waals surface area contributed by atoms with Gasteiger partial charge >= 0.3 is 5.97 Å². The maximum absolute atomic E-state index is 12.5. The van der Waals surface area contributed by atoms with Crippen molar-refractivity contribution in [2.75, 3.05) is 13.1 Å². The lowest BCUT2D eigenvalue weighted by Gasteiger charge is -2.42. The first-order valence-electron chi connectivity index (χ1n) is 9.13. The van der Waals surface area contributed by atoms with E-state index >= 15 is 0 Å². The molecule has 2 N–H and O–H groups in total. The average Bonchev–Trinajstić information content (AvgIpc) is 2.63. The minimum atomic E-state index is -0.824. The minimum Gasteiger partial charge on any atom is -0.480 e. The van der Waals surface area contributed by atoms with E-state index in [9.17, 15) is 9.59 Å². The first kappa shape index (κ1) is 19.0. The number of carbonyl (C=O) groups is 2. The van der Waals surface area contributed by atoms with Gasteiger partial charge in [-0.25, -0.2) is 9.97 Å². The predicted molar refractivity (Wildman–Crippen MR) is 101 cm³/mol. The molecule has 0 aliphatic heterocycles. The van der Waals surface area contributed by atoms with Crippen LogP contribution in [0.2, 0.25) is 0 Å². The van der Waals surface area contributed by atoms with Gasteiger partial charge in [0, 0.05) is 23.8 Å². The predicted octanol–water partition coefficient (Wildman–Crippen LogP) is 2.12. The Bertz CT molecular complexity index is 819. The molecule has 0 spiro atoms. The highest BCUT2D eigenvalue weighted by Crippen LogP contribution is 2.26. The van der Waals surface area contributed by atoms with Crippen molar-refractivity contribution < 1.29 is 14.7 Å². The smallest absolute Gasteiger partial charge is 0.317 e. The summed E-state index contributed by atoms with van der Waals surface area (Å²) in [6.07, 6.45) is 3.09. The number of amides is 1. The Morgan fingerprint density at radius 2 is 1.96 bits per heavy atom. The maximum atomic E-state index is 12.5. The molecule has 1 heterocycles. The highest BCUT2D eigenvalue weighted by molar-refractivity contribution is 5.95. The van der Waals surface area contributed by atoms with Gasteiger partial charge < -0.3 is 10.4 Å². The summed E-state index contributed by atoms with van der Waals surface area (Å²) in [6.45, 7) is 4.48. The SMILES string of the molecule is CCN(CC(=O)O)C1CC(NC(=O)c2cnc(-c3ccccc3)nc2C)C1. The van der Waals surface area contributed by atoms with Crippen LogP contribution in [0.5, 0.6) is 0 Å². The number of rotatable bonds is 7. The summed E-state index contributed by atoms with van der Waals surface area (Å²) < 4.78 is 0. The molecular weight excluding hydrogens is 344 g/mol. The fourth-order valence-corrected chi connectivity index (χ4v) is 3.36. The molecule has 142 valence electrons. The molecule has 1 aliphatic carbocycles. The Labute approximate surface area is 158 Å². The van der Waals surface area contributed by atoms with Crippen LogP contribution in [-0.4, -0.2) is 57.0 Å². The van der Waals surface area contributed by atoms with Crippen molar-refractivity contribution in [3.05, 3.63) is 47.8 Å². The van der Waals surface area contributed by atoms with E-state index < -0.39 is 5.97 Å². The van der Waals surface area contributed by atoms with Crippen LogP contribution in [0, 0.1) is 6.92 Å². The van der Waals surface area contributed by atoms with Crippen LogP contribution in [0.15, 0.2) is 36.5 Å². The summed E-state index contributed by atoms with van der Waals surface area (Å²) in [5.41, 5.74) is 2.02. The topological polar surface area (TPSA) is 95.4 Å². The lowest BCUT2D eigenvalue weighted by molar-refractivity contribution is -0.139. The normalized spacial score (nSPS) is 18.8. The molecule has 2 aromatic rings. The number of hydrogen-bond acceptors (Lipinski definition) is 5. The lowest BCUT2D eigenvalue weighted by atomic mass is 9.85. The number of aryl methyl sites for hydroxylation is 1. The van der Waals surface area contributed by atoms with Crippen LogP contribution in [-0.2, 0) is 4.79 Å². The molecule has 7 nitrogen and oxygen atoms in total. The van der Waals surface area contributed by atoms with Crippen molar-refractivity contribution in [3.8, 4) is 11.4 Å². The highest BCUT2D eigenvalue weighted by Gasteiger charge is 2.35. The highest BCUT2D eigenvalue weighted by atomic mass is 16.4. The van der Waals surface area contributed by atoms with Crippen molar-refractivity contribution in [1.29, 1.82) is 0 Å². The summed E-state index contributed by atoms with van der Waals surface area (Å²) >= 11 is 0. The maximum Gasteiger partial charge on any atom is 0.317 e. The van der Waals surface area contributed by atoms with E-state index in [-0.39, 0.29) is 24.5 Å². The number of likely N-dealkylation sites (N-methyl/N-ethyl adjacent to an activating group) is 1. The van der Waals surface area contributed by atoms with Crippen molar-refractivity contribution in [1.82, 2.24) is 20.2 Å². The van der Waals surface area contributed by atoms with E-state index in [1.807, 2.05) is 42.2 Å². The van der Waals surface area contributed by atoms with E-state index in [2.05, 4.69) is 15.3 Å². The first-order valence-corrected chi connectivity index (χ1v) is 9.13. The Hall–Kier alpha value is -2.80. The van der Waals surface area contributed by atoms with Gasteiger partial charge in [-0.1, -0.05) is 37.3 Å². The van der Waals surface area contributed by atoms with Crippen LogP contribution in [0.1, 0.15) is 35.8 Å². The number of aromatic nitrogens is 2. The van der Waals surface area contributed by atoms with Crippen LogP contribution in [0.4, 0.5) is 0 Å². The van der Waals surface area contributed by atoms with E-state index in [1.54, 1.807) is 13.1 Å². The summed E-state index contributed by atoms with van der Waals surface area (Å²) in [4.78, 5) is 34.2. The summed E-state index contributed by atoms with van der Waals surface area (Å²) in [7, 11) is 0. The molecular formula is C20H24N4O3. The fraction of sp³-hybridized carbons (Fsp3) is 0.400. The molecule has 1 saturated carbocycles. The van der Waals surface area contributed by atoms with Crippen molar-refractivity contribution in [2.24, 2.45) is 0 Å². The molecule has 0 atom stereocenters. The van der Waals surface area contributed by atoms with Gasteiger partial charge in [-0.2, -0.15) is 0 Å². The van der Waals surface area contributed by atoms with Gasteiger partial charge in [-0.15, -0.1) is 0 Å². The third-order valence-electron chi connectivity index (χ3n) is 4.97. The largest absolute Gasteiger partial charge is 0.480 e. The number of benzene rings is 1. The lowest BCUT2D eigenvalue weighted by Crippen LogP contribution is -2.54. The average molecular weight is 368 g/mol. The van der Waals surface area contributed by atoms with Gasteiger partial charge in [0.15, 0.2) is 5.82 Å². The molecule has 1 aromatic carbocycles. The number of aliphatic carboxylic acids is 1. The number of carboxylic acid groups (broad SMARTS) is 1. The summed E-state index contributed by atoms with van der Waals surface area (Å²) in [5, 5.41) is 12.0. The molecule has 1 fully saturated rings. The molecule has 0 unspecified atom stereocenters. The number of nitrogens with one attached hydrogen (secondary N) is 1. The van der Waals surface area contributed by atoms with Crippen LogP contribution in [0.25, 0.3) is 11.4 Å². The molecule has 1 aliphatic rings. The zero-order valence-corrected chi connectivity index (χ0v) is 15.6.